The van der Waals surface area contributed by atoms with Crippen LogP contribution >= 0.6 is 0 Å². The Morgan fingerprint density at radius 3 is 3.08 bits per heavy atom. The average Bonchev–Trinajstić information content (AvgIpc) is 3.22. The van der Waals surface area contributed by atoms with Gasteiger partial charge in [0, 0.05) is 23.8 Å². The zero-order valence-corrected chi connectivity index (χ0v) is 15.0. The lowest BCUT2D eigenvalue weighted by molar-refractivity contribution is 0.345. The van der Waals surface area contributed by atoms with Gasteiger partial charge in [0.25, 0.3) is 0 Å². The minimum Gasteiger partial charge on any atom is -0.493 e. The molecule has 0 amide bonds. The molecule has 1 aliphatic rings. The Morgan fingerprint density at radius 2 is 2.28 bits per heavy atom. The summed E-state index contributed by atoms with van der Waals surface area (Å²) in [6, 6.07) is 8.40. The van der Waals surface area contributed by atoms with Gasteiger partial charge in [-0.3, -0.25) is 0 Å². The molecule has 1 aliphatic heterocycles. The summed E-state index contributed by atoms with van der Waals surface area (Å²) in [5, 5.41) is 9.30. The predicted molar refractivity (Wildman–Crippen MR) is 95.8 cm³/mol. The molecule has 6 nitrogen and oxygen atoms in total. The second kappa shape index (κ2) is 6.52. The Kier molecular flexibility index (Phi) is 4.21. The van der Waals surface area contributed by atoms with E-state index in [0.717, 1.165) is 53.5 Å². The number of methoxy groups -OCH3 is 1. The summed E-state index contributed by atoms with van der Waals surface area (Å²) < 4.78 is 13.4. The topological polar surface area (TPSA) is 65.1 Å². The number of benzene rings is 1. The molecule has 0 saturated heterocycles. The number of nitrogens with one attached hydrogen (secondary N) is 1. The predicted octanol–water partition coefficient (Wildman–Crippen LogP) is 3.26. The monoisotopic (exact) mass is 340 g/mol. The first-order valence-corrected chi connectivity index (χ1v) is 8.86. The molecule has 0 radical (unpaired) electrons. The summed E-state index contributed by atoms with van der Waals surface area (Å²) in [6.45, 7) is 5.82. The minimum absolute atomic E-state index is 0.370. The van der Waals surface area contributed by atoms with Gasteiger partial charge in [0.1, 0.15) is 11.6 Å². The average molecular weight is 340 g/mol. The first-order valence-electron chi connectivity index (χ1n) is 8.86. The maximum Gasteiger partial charge on any atom is 0.176 e. The summed E-state index contributed by atoms with van der Waals surface area (Å²) in [7, 11) is 1.67. The molecule has 1 aromatic carbocycles. The number of aromatic nitrogens is 3. The number of nitrogens with zero attached hydrogens (tertiary/aromatic N) is 3. The maximum atomic E-state index is 5.96. The number of para-hydroxylation sites is 1. The second-order valence-corrected chi connectivity index (χ2v) is 6.93. The van der Waals surface area contributed by atoms with Gasteiger partial charge < -0.3 is 14.5 Å². The fraction of sp³-hybridized carbons (Fsp3) is 0.474. The summed E-state index contributed by atoms with van der Waals surface area (Å²) in [5.74, 6) is 4.12. The van der Waals surface area contributed by atoms with Gasteiger partial charge in [-0.1, -0.05) is 26.0 Å². The van der Waals surface area contributed by atoms with E-state index >= 15 is 0 Å². The largest absolute Gasteiger partial charge is 0.493 e. The van der Waals surface area contributed by atoms with Crippen LogP contribution in [0.2, 0.25) is 0 Å². The number of hydrogen-bond donors (Lipinski definition) is 1. The van der Waals surface area contributed by atoms with Crippen molar-refractivity contribution in [1.82, 2.24) is 20.1 Å². The zero-order chi connectivity index (χ0) is 17.4. The lowest BCUT2D eigenvalue weighted by Gasteiger charge is -2.23. The number of aryl methyl sites for hydroxylation is 1. The smallest absolute Gasteiger partial charge is 0.176 e. The standard InChI is InChI=1S/C19H24N4O2/c1-12(2)19-21-17-8-7-14(11-23(17)22-19)20-10-15-9-13-5-4-6-16(24-3)18(13)25-15/h4-6,9,12,14,20H,7-8,10-11H2,1-3H3. The first kappa shape index (κ1) is 16.1. The molecule has 3 heterocycles. The molecule has 1 unspecified atom stereocenters. The molecular weight excluding hydrogens is 316 g/mol. The minimum atomic E-state index is 0.370. The summed E-state index contributed by atoms with van der Waals surface area (Å²) in [5.41, 5.74) is 0.811. The third-order valence-corrected chi connectivity index (χ3v) is 4.73. The molecule has 6 heteroatoms. The maximum absolute atomic E-state index is 5.96. The van der Waals surface area contributed by atoms with E-state index in [0.29, 0.717) is 18.5 Å². The molecule has 0 fully saturated rings. The van der Waals surface area contributed by atoms with Gasteiger partial charge in [-0.2, -0.15) is 5.10 Å². The Morgan fingerprint density at radius 1 is 1.40 bits per heavy atom. The van der Waals surface area contributed by atoms with E-state index in [1.807, 2.05) is 18.2 Å². The van der Waals surface area contributed by atoms with E-state index in [1.165, 1.54) is 0 Å². The van der Waals surface area contributed by atoms with Crippen molar-refractivity contribution in [1.29, 1.82) is 0 Å². The van der Waals surface area contributed by atoms with Gasteiger partial charge in [-0.25, -0.2) is 9.67 Å². The zero-order valence-electron chi connectivity index (χ0n) is 15.0. The van der Waals surface area contributed by atoms with Crippen molar-refractivity contribution in [2.45, 2.75) is 51.7 Å². The lowest BCUT2D eigenvalue weighted by atomic mass is 10.1. The van der Waals surface area contributed by atoms with Crippen LogP contribution in [0.5, 0.6) is 5.75 Å². The van der Waals surface area contributed by atoms with E-state index in [9.17, 15) is 0 Å². The van der Waals surface area contributed by atoms with Crippen molar-refractivity contribution >= 4 is 11.0 Å². The number of rotatable bonds is 5. The highest BCUT2D eigenvalue weighted by Gasteiger charge is 2.22. The molecule has 4 rings (SSSR count). The first-order chi connectivity index (χ1) is 12.1. The van der Waals surface area contributed by atoms with Gasteiger partial charge in [0.2, 0.25) is 0 Å². The van der Waals surface area contributed by atoms with Crippen molar-refractivity contribution in [3.8, 4) is 5.75 Å². The number of furan rings is 1. The van der Waals surface area contributed by atoms with Crippen molar-refractivity contribution in [3.63, 3.8) is 0 Å². The molecule has 0 saturated carbocycles. The highest BCUT2D eigenvalue weighted by molar-refractivity contribution is 5.83. The van der Waals surface area contributed by atoms with E-state index in [-0.39, 0.29) is 0 Å². The van der Waals surface area contributed by atoms with Crippen LogP contribution in [0, 0.1) is 0 Å². The van der Waals surface area contributed by atoms with Crippen LogP contribution in [0.1, 0.15) is 43.6 Å². The van der Waals surface area contributed by atoms with Gasteiger partial charge in [0.15, 0.2) is 17.2 Å². The van der Waals surface area contributed by atoms with E-state index in [2.05, 4.69) is 40.0 Å². The highest BCUT2D eigenvalue weighted by Crippen LogP contribution is 2.28. The van der Waals surface area contributed by atoms with Crippen molar-refractivity contribution in [3.05, 3.63) is 41.7 Å². The molecule has 132 valence electrons. The highest BCUT2D eigenvalue weighted by atomic mass is 16.5. The lowest BCUT2D eigenvalue weighted by Crippen LogP contribution is -2.37. The SMILES string of the molecule is COc1cccc2cc(CNC3CCc4nc(C(C)C)nn4C3)oc12. The van der Waals surface area contributed by atoms with E-state index in [4.69, 9.17) is 9.15 Å². The third-order valence-electron chi connectivity index (χ3n) is 4.73. The van der Waals surface area contributed by atoms with Crippen LogP contribution in [0.15, 0.2) is 28.7 Å². The van der Waals surface area contributed by atoms with Crippen LogP contribution in [0.4, 0.5) is 0 Å². The fourth-order valence-corrected chi connectivity index (χ4v) is 3.32. The van der Waals surface area contributed by atoms with Gasteiger partial charge in [-0.15, -0.1) is 0 Å². The Bertz CT molecular complexity index is 881. The van der Waals surface area contributed by atoms with Crippen LogP contribution < -0.4 is 10.1 Å². The fourth-order valence-electron chi connectivity index (χ4n) is 3.32. The molecule has 0 spiro atoms. The molecule has 0 bridgehead atoms. The normalized spacial score (nSPS) is 17.2. The van der Waals surface area contributed by atoms with Crippen LogP contribution in [-0.4, -0.2) is 27.9 Å². The Labute approximate surface area is 147 Å². The molecular formula is C19H24N4O2. The second-order valence-electron chi connectivity index (χ2n) is 6.93. The van der Waals surface area contributed by atoms with Crippen LogP contribution in [-0.2, 0) is 19.5 Å². The molecule has 1 N–H and O–H groups in total. The van der Waals surface area contributed by atoms with Crippen molar-refractivity contribution in [2.24, 2.45) is 0 Å². The van der Waals surface area contributed by atoms with Gasteiger partial charge >= 0.3 is 0 Å². The summed E-state index contributed by atoms with van der Waals surface area (Å²) >= 11 is 0. The third kappa shape index (κ3) is 3.14. The van der Waals surface area contributed by atoms with Crippen molar-refractivity contribution < 1.29 is 9.15 Å². The Hall–Kier alpha value is -2.34. The number of fused-ring (bicyclic) bond motifs is 2. The van der Waals surface area contributed by atoms with E-state index < -0.39 is 0 Å². The van der Waals surface area contributed by atoms with Gasteiger partial charge in [0.05, 0.1) is 20.2 Å². The molecule has 2 aromatic heterocycles. The number of ether oxygens (including phenoxy) is 1. The summed E-state index contributed by atoms with van der Waals surface area (Å²) in [4.78, 5) is 4.64. The van der Waals surface area contributed by atoms with Crippen LogP contribution in [0.3, 0.4) is 0 Å². The quantitative estimate of drug-likeness (QED) is 0.772. The van der Waals surface area contributed by atoms with Crippen molar-refractivity contribution in [2.75, 3.05) is 7.11 Å². The molecule has 3 aromatic rings. The van der Waals surface area contributed by atoms with Crippen LogP contribution in [0.25, 0.3) is 11.0 Å². The Balaban J connectivity index is 1.43. The molecule has 1 atom stereocenters. The van der Waals surface area contributed by atoms with E-state index in [1.54, 1.807) is 7.11 Å². The van der Waals surface area contributed by atoms with Gasteiger partial charge in [-0.05, 0) is 18.6 Å². The number of hydrogen-bond acceptors (Lipinski definition) is 5. The molecule has 0 aliphatic carbocycles. The molecule has 25 heavy (non-hydrogen) atoms. The summed E-state index contributed by atoms with van der Waals surface area (Å²) in [6.07, 6.45) is 2.03.